The zero-order chi connectivity index (χ0) is 12.6. The zero-order valence-corrected chi connectivity index (χ0v) is 9.95. The van der Waals surface area contributed by atoms with E-state index in [9.17, 15) is 9.90 Å². The van der Waals surface area contributed by atoms with Crippen molar-refractivity contribution in [2.75, 3.05) is 7.11 Å². The van der Waals surface area contributed by atoms with Crippen LogP contribution in [0.25, 0.3) is 0 Å². The van der Waals surface area contributed by atoms with E-state index in [1.54, 1.807) is 13.8 Å². The lowest BCUT2D eigenvalue weighted by molar-refractivity contribution is -0.209. The number of esters is 1. The van der Waals surface area contributed by atoms with Gasteiger partial charge >= 0.3 is 5.97 Å². The second-order valence-corrected chi connectivity index (χ2v) is 4.44. The van der Waals surface area contributed by atoms with Crippen LogP contribution in [-0.4, -0.2) is 48.6 Å². The molecule has 1 N–H and O–H groups in total. The molecule has 0 spiro atoms. The lowest BCUT2D eigenvalue weighted by Crippen LogP contribution is -2.33. The Kier molecular flexibility index (Phi) is 3.22. The van der Waals surface area contributed by atoms with Crippen LogP contribution in [0.2, 0.25) is 0 Å². The number of rotatable bonds is 2. The first-order chi connectivity index (χ1) is 7.93. The Morgan fingerprint density at radius 1 is 1.41 bits per heavy atom. The van der Waals surface area contributed by atoms with Gasteiger partial charge in [-0.3, -0.25) is 0 Å². The maximum absolute atomic E-state index is 10.9. The van der Waals surface area contributed by atoms with Crippen molar-refractivity contribution < 1.29 is 28.8 Å². The summed E-state index contributed by atoms with van der Waals surface area (Å²) in [5.41, 5.74) is 0. The molecule has 0 aromatic rings. The predicted octanol–water partition coefficient (Wildman–Crippen LogP) is -0.0471. The van der Waals surface area contributed by atoms with Crippen LogP contribution in [-0.2, 0) is 23.7 Å². The van der Waals surface area contributed by atoms with Crippen molar-refractivity contribution in [3.63, 3.8) is 0 Å². The first-order valence-electron chi connectivity index (χ1n) is 5.38. The molecule has 6 heteroatoms. The van der Waals surface area contributed by atoms with Gasteiger partial charge in [0.05, 0.1) is 7.11 Å². The van der Waals surface area contributed by atoms with Gasteiger partial charge in [-0.15, -0.1) is 0 Å². The Morgan fingerprint density at radius 3 is 2.71 bits per heavy atom. The van der Waals surface area contributed by atoms with Crippen LogP contribution in [0.1, 0.15) is 13.8 Å². The summed E-state index contributed by atoms with van der Waals surface area (Å²) in [4.78, 5) is 10.9. The third-order valence-electron chi connectivity index (χ3n) is 2.68. The topological polar surface area (TPSA) is 74.2 Å². The SMILES string of the molecule is COC(=O)/C=C\[C@H]1O[C@@H]2OC(C)(C)O[C@@H]2[C@H]1O. The predicted molar refractivity (Wildman–Crippen MR) is 55.9 cm³/mol. The summed E-state index contributed by atoms with van der Waals surface area (Å²) in [6.45, 7) is 3.50. The largest absolute Gasteiger partial charge is 0.466 e. The Balaban J connectivity index is 1.98. The number of aliphatic hydroxyl groups is 1. The van der Waals surface area contributed by atoms with Crippen LogP contribution in [0, 0.1) is 0 Å². The monoisotopic (exact) mass is 244 g/mol. The average Bonchev–Trinajstić information content (AvgIpc) is 2.70. The molecule has 0 saturated carbocycles. The Hall–Kier alpha value is -0.950. The van der Waals surface area contributed by atoms with Gasteiger partial charge < -0.3 is 24.1 Å². The third-order valence-corrected chi connectivity index (χ3v) is 2.68. The highest BCUT2D eigenvalue weighted by Gasteiger charge is 2.53. The molecule has 0 bridgehead atoms. The molecule has 0 aromatic carbocycles. The van der Waals surface area contributed by atoms with E-state index in [1.807, 2.05) is 0 Å². The van der Waals surface area contributed by atoms with Gasteiger partial charge in [-0.25, -0.2) is 4.79 Å². The molecule has 2 fully saturated rings. The summed E-state index contributed by atoms with van der Waals surface area (Å²) in [5.74, 6) is -1.26. The lowest BCUT2D eigenvalue weighted by Gasteiger charge is -2.21. The third kappa shape index (κ3) is 2.50. The number of aliphatic hydroxyl groups excluding tert-OH is 1. The fraction of sp³-hybridized carbons (Fsp3) is 0.727. The van der Waals surface area contributed by atoms with Crippen LogP contribution < -0.4 is 0 Å². The van der Waals surface area contributed by atoms with Crippen LogP contribution in [0.15, 0.2) is 12.2 Å². The molecule has 6 nitrogen and oxygen atoms in total. The normalized spacial score (nSPS) is 39.5. The van der Waals surface area contributed by atoms with E-state index < -0.39 is 36.4 Å². The Bertz CT molecular complexity index is 337. The summed E-state index contributed by atoms with van der Waals surface area (Å²) in [5, 5.41) is 9.94. The van der Waals surface area contributed by atoms with Crippen LogP contribution in [0.5, 0.6) is 0 Å². The highest BCUT2D eigenvalue weighted by Crippen LogP contribution is 2.37. The van der Waals surface area contributed by atoms with Crippen molar-refractivity contribution in [2.24, 2.45) is 0 Å². The van der Waals surface area contributed by atoms with Gasteiger partial charge in [0.1, 0.15) is 18.3 Å². The summed E-state index contributed by atoms with van der Waals surface area (Å²) >= 11 is 0. The fourth-order valence-corrected chi connectivity index (χ4v) is 1.92. The minimum absolute atomic E-state index is 0.500. The zero-order valence-electron chi connectivity index (χ0n) is 9.95. The van der Waals surface area contributed by atoms with Crippen molar-refractivity contribution in [1.29, 1.82) is 0 Å². The van der Waals surface area contributed by atoms with Crippen molar-refractivity contribution in [2.45, 2.75) is 44.2 Å². The number of methoxy groups -OCH3 is 1. The quantitative estimate of drug-likeness (QED) is 0.542. The molecule has 4 atom stereocenters. The molecule has 2 aliphatic heterocycles. The van der Waals surface area contributed by atoms with Gasteiger partial charge in [0, 0.05) is 6.08 Å². The summed E-state index contributed by atoms with van der Waals surface area (Å²) in [6, 6.07) is 0. The molecule has 0 aromatic heterocycles. The molecule has 0 aliphatic carbocycles. The van der Waals surface area contributed by atoms with Crippen LogP contribution in [0.3, 0.4) is 0 Å². The number of hydrogen-bond acceptors (Lipinski definition) is 6. The van der Waals surface area contributed by atoms with Crippen molar-refractivity contribution in [3.8, 4) is 0 Å². The molecule has 0 radical (unpaired) electrons. The fourth-order valence-electron chi connectivity index (χ4n) is 1.92. The molecule has 2 saturated heterocycles. The highest BCUT2D eigenvalue weighted by molar-refractivity contribution is 5.81. The van der Waals surface area contributed by atoms with E-state index in [2.05, 4.69) is 4.74 Å². The smallest absolute Gasteiger partial charge is 0.330 e. The van der Waals surface area contributed by atoms with Gasteiger partial charge in [0.2, 0.25) is 0 Å². The van der Waals surface area contributed by atoms with Gasteiger partial charge in [0.15, 0.2) is 12.1 Å². The maximum atomic E-state index is 10.9. The van der Waals surface area contributed by atoms with Gasteiger partial charge in [0.25, 0.3) is 0 Å². The molecular weight excluding hydrogens is 228 g/mol. The second-order valence-electron chi connectivity index (χ2n) is 4.44. The van der Waals surface area contributed by atoms with E-state index in [0.29, 0.717) is 0 Å². The number of hydrogen-bond donors (Lipinski definition) is 1. The molecule has 2 heterocycles. The molecule has 2 rings (SSSR count). The Morgan fingerprint density at radius 2 is 2.12 bits per heavy atom. The molecule has 17 heavy (non-hydrogen) atoms. The van der Waals surface area contributed by atoms with Crippen molar-refractivity contribution >= 4 is 5.97 Å². The summed E-state index contributed by atoms with van der Waals surface area (Å²) in [6.07, 6.45) is 0.0294. The first-order valence-corrected chi connectivity index (χ1v) is 5.38. The van der Waals surface area contributed by atoms with E-state index in [-0.39, 0.29) is 0 Å². The lowest BCUT2D eigenvalue weighted by atomic mass is 10.1. The van der Waals surface area contributed by atoms with Gasteiger partial charge in [-0.1, -0.05) is 0 Å². The van der Waals surface area contributed by atoms with E-state index in [1.165, 1.54) is 19.3 Å². The summed E-state index contributed by atoms with van der Waals surface area (Å²) < 4.78 is 20.8. The molecule has 0 amide bonds. The first kappa shape index (κ1) is 12.5. The second kappa shape index (κ2) is 4.38. The highest BCUT2D eigenvalue weighted by atomic mass is 16.8. The molecule has 96 valence electrons. The molecule has 0 unspecified atom stereocenters. The van der Waals surface area contributed by atoms with Gasteiger partial charge in [-0.2, -0.15) is 0 Å². The minimum atomic E-state index is -0.859. The number of carbonyl (C=O) groups is 1. The Labute approximate surface area is 99.1 Å². The molecule has 2 aliphatic rings. The van der Waals surface area contributed by atoms with Crippen molar-refractivity contribution in [1.82, 2.24) is 0 Å². The standard InChI is InChI=1S/C11H16O6/c1-11(2)16-9-8(13)6(15-10(9)17-11)4-5-7(12)14-3/h4-6,8-10,13H,1-3H3/b5-4-/t6-,8+,9-,10-/m1/s1. The average molecular weight is 244 g/mol. The van der Waals surface area contributed by atoms with Gasteiger partial charge in [-0.05, 0) is 19.9 Å². The summed E-state index contributed by atoms with van der Waals surface area (Å²) in [7, 11) is 1.28. The van der Waals surface area contributed by atoms with E-state index >= 15 is 0 Å². The number of ether oxygens (including phenoxy) is 4. The van der Waals surface area contributed by atoms with Crippen LogP contribution in [0.4, 0.5) is 0 Å². The van der Waals surface area contributed by atoms with E-state index in [0.717, 1.165) is 0 Å². The maximum Gasteiger partial charge on any atom is 0.330 e. The molecular formula is C11H16O6. The van der Waals surface area contributed by atoms with Crippen molar-refractivity contribution in [3.05, 3.63) is 12.2 Å². The van der Waals surface area contributed by atoms with E-state index in [4.69, 9.17) is 14.2 Å². The minimum Gasteiger partial charge on any atom is -0.466 e. The number of carbonyl (C=O) groups excluding carboxylic acids is 1. The number of fused-ring (bicyclic) bond motifs is 1. The van der Waals surface area contributed by atoms with Crippen LogP contribution >= 0.6 is 0 Å².